The van der Waals surface area contributed by atoms with Gasteiger partial charge in [0.2, 0.25) is 0 Å². The summed E-state index contributed by atoms with van der Waals surface area (Å²) in [6.07, 6.45) is 11.0. The second-order valence-corrected chi connectivity index (χ2v) is 6.02. The average molecular weight is 322 g/mol. The van der Waals surface area contributed by atoms with Crippen molar-refractivity contribution < 1.29 is 0 Å². The molecule has 4 heterocycles. The zero-order valence-electron chi connectivity index (χ0n) is 13.4. The molecule has 4 aromatic heterocycles. The molecule has 0 radical (unpaired) electrons. The third-order valence-electron chi connectivity index (χ3n) is 4.87. The highest BCUT2D eigenvalue weighted by Crippen LogP contribution is 2.54. The minimum absolute atomic E-state index is 0.459. The Morgan fingerprint density at radius 1 is 0.520 bits per heavy atom. The van der Waals surface area contributed by atoms with Crippen LogP contribution in [0.3, 0.4) is 0 Å². The summed E-state index contributed by atoms with van der Waals surface area (Å²) in [5.41, 5.74) is 5.99. The van der Waals surface area contributed by atoms with Gasteiger partial charge in [0, 0.05) is 37.2 Å². The van der Waals surface area contributed by atoms with Crippen molar-refractivity contribution in [3.63, 3.8) is 0 Å². The third-order valence-corrected chi connectivity index (χ3v) is 4.87. The summed E-state index contributed by atoms with van der Waals surface area (Å²) in [4.78, 5) is 17.7. The molecular formula is C21H14N4. The second kappa shape index (κ2) is 5.31. The Labute approximate surface area is 145 Å². The van der Waals surface area contributed by atoms with E-state index >= 15 is 0 Å². The molecule has 0 saturated heterocycles. The van der Waals surface area contributed by atoms with Gasteiger partial charge in [-0.25, -0.2) is 0 Å². The number of hydrogen-bond donors (Lipinski definition) is 0. The van der Waals surface area contributed by atoms with Crippen LogP contribution in [-0.4, -0.2) is 19.9 Å². The highest BCUT2D eigenvalue weighted by Gasteiger charge is 2.47. The lowest BCUT2D eigenvalue weighted by Gasteiger charge is -2.32. The van der Waals surface area contributed by atoms with E-state index in [2.05, 4.69) is 56.3 Å². The molecule has 0 spiro atoms. The van der Waals surface area contributed by atoms with Crippen molar-refractivity contribution in [1.29, 1.82) is 0 Å². The molecule has 118 valence electrons. The highest BCUT2D eigenvalue weighted by molar-refractivity contribution is 5.81. The summed E-state index contributed by atoms with van der Waals surface area (Å²) in [6, 6.07) is 16.5. The van der Waals surface area contributed by atoms with E-state index < -0.39 is 5.41 Å². The summed E-state index contributed by atoms with van der Waals surface area (Å²) in [5.74, 6) is 0. The molecule has 4 nitrogen and oxygen atoms in total. The number of rotatable bonds is 2. The van der Waals surface area contributed by atoms with Crippen LogP contribution in [0.2, 0.25) is 0 Å². The van der Waals surface area contributed by atoms with Gasteiger partial charge in [-0.05, 0) is 58.7 Å². The molecule has 0 amide bonds. The molecule has 1 aliphatic rings. The van der Waals surface area contributed by atoms with E-state index in [1.807, 2.05) is 49.3 Å². The summed E-state index contributed by atoms with van der Waals surface area (Å²) >= 11 is 0. The number of aromatic nitrogens is 4. The van der Waals surface area contributed by atoms with Gasteiger partial charge in [-0.3, -0.25) is 19.9 Å². The van der Waals surface area contributed by atoms with Crippen molar-refractivity contribution in [1.82, 2.24) is 19.9 Å². The summed E-state index contributed by atoms with van der Waals surface area (Å²) < 4.78 is 0. The highest BCUT2D eigenvalue weighted by atomic mass is 14.8. The minimum atomic E-state index is -0.459. The molecule has 0 saturated carbocycles. The van der Waals surface area contributed by atoms with Crippen molar-refractivity contribution in [2.45, 2.75) is 5.41 Å². The number of fused-ring (bicyclic) bond motifs is 3. The molecule has 4 aromatic rings. The molecule has 1 aliphatic carbocycles. The predicted molar refractivity (Wildman–Crippen MR) is 94.9 cm³/mol. The largest absolute Gasteiger partial charge is 0.265 e. The average Bonchev–Trinajstić information content (AvgIpc) is 3.01. The molecule has 0 atom stereocenters. The van der Waals surface area contributed by atoms with Gasteiger partial charge in [-0.15, -0.1) is 0 Å². The van der Waals surface area contributed by atoms with Crippen molar-refractivity contribution in [2.24, 2.45) is 0 Å². The fraction of sp³-hybridized carbons (Fsp3) is 0.0476. The molecule has 0 aliphatic heterocycles. The van der Waals surface area contributed by atoms with E-state index in [-0.39, 0.29) is 0 Å². The molecule has 0 fully saturated rings. The molecule has 5 rings (SSSR count). The zero-order valence-corrected chi connectivity index (χ0v) is 13.4. The van der Waals surface area contributed by atoms with Gasteiger partial charge in [0.05, 0.1) is 16.8 Å². The van der Waals surface area contributed by atoms with Crippen molar-refractivity contribution >= 4 is 0 Å². The molecule has 0 N–H and O–H groups in total. The van der Waals surface area contributed by atoms with Crippen LogP contribution >= 0.6 is 0 Å². The third kappa shape index (κ3) is 1.82. The quantitative estimate of drug-likeness (QED) is 0.498. The maximum absolute atomic E-state index is 4.65. The lowest BCUT2D eigenvalue weighted by atomic mass is 9.68. The van der Waals surface area contributed by atoms with Crippen LogP contribution in [-0.2, 0) is 5.41 Å². The predicted octanol–water partition coefficient (Wildman–Crippen LogP) is 3.63. The van der Waals surface area contributed by atoms with Gasteiger partial charge < -0.3 is 0 Å². The molecule has 0 aromatic carbocycles. The molecule has 25 heavy (non-hydrogen) atoms. The smallest absolute Gasteiger partial charge is 0.0937 e. The van der Waals surface area contributed by atoms with E-state index in [9.17, 15) is 0 Å². The van der Waals surface area contributed by atoms with Gasteiger partial charge in [0.1, 0.15) is 0 Å². The Kier molecular flexibility index (Phi) is 2.97. The Morgan fingerprint density at radius 3 is 1.40 bits per heavy atom. The first kappa shape index (κ1) is 14.0. The zero-order chi connectivity index (χ0) is 16.7. The number of hydrogen-bond acceptors (Lipinski definition) is 4. The Balaban J connectivity index is 1.98. The second-order valence-electron chi connectivity index (χ2n) is 6.02. The first-order valence-corrected chi connectivity index (χ1v) is 8.15. The van der Waals surface area contributed by atoms with Crippen LogP contribution in [0.25, 0.3) is 11.4 Å². The Morgan fingerprint density at radius 2 is 0.960 bits per heavy atom. The molecule has 4 heteroatoms. The van der Waals surface area contributed by atoms with Crippen molar-refractivity contribution in [3.05, 3.63) is 108 Å². The summed E-state index contributed by atoms with van der Waals surface area (Å²) in [7, 11) is 0. The monoisotopic (exact) mass is 322 g/mol. The lowest BCUT2D eigenvalue weighted by molar-refractivity contribution is 0.760. The summed E-state index contributed by atoms with van der Waals surface area (Å²) in [5, 5.41) is 0. The van der Waals surface area contributed by atoms with E-state index in [0.717, 1.165) is 33.6 Å². The maximum atomic E-state index is 4.65. The summed E-state index contributed by atoms with van der Waals surface area (Å²) in [6.45, 7) is 0. The van der Waals surface area contributed by atoms with Gasteiger partial charge in [0.15, 0.2) is 0 Å². The fourth-order valence-corrected chi connectivity index (χ4v) is 3.93. The van der Waals surface area contributed by atoms with E-state index in [1.165, 1.54) is 0 Å². The topological polar surface area (TPSA) is 51.6 Å². The van der Waals surface area contributed by atoms with Crippen LogP contribution in [0.1, 0.15) is 22.3 Å². The maximum Gasteiger partial charge on any atom is 0.0937 e. The van der Waals surface area contributed by atoms with E-state index in [4.69, 9.17) is 0 Å². The van der Waals surface area contributed by atoms with Crippen LogP contribution in [0.4, 0.5) is 0 Å². The first-order chi connectivity index (χ1) is 12.4. The minimum Gasteiger partial charge on any atom is -0.265 e. The Bertz CT molecular complexity index is 958. The molecular weight excluding hydrogens is 308 g/mol. The van der Waals surface area contributed by atoms with Crippen LogP contribution in [0, 0.1) is 0 Å². The van der Waals surface area contributed by atoms with Gasteiger partial charge in [0.25, 0.3) is 0 Å². The molecule has 0 unspecified atom stereocenters. The lowest BCUT2D eigenvalue weighted by Crippen LogP contribution is -2.28. The van der Waals surface area contributed by atoms with Crippen LogP contribution in [0.5, 0.6) is 0 Å². The molecule has 0 bridgehead atoms. The first-order valence-electron chi connectivity index (χ1n) is 8.15. The normalized spacial score (nSPS) is 13.9. The van der Waals surface area contributed by atoms with Gasteiger partial charge >= 0.3 is 0 Å². The Hall–Kier alpha value is -3.40. The van der Waals surface area contributed by atoms with Crippen LogP contribution in [0.15, 0.2) is 85.7 Å². The number of nitrogens with zero attached hydrogens (tertiary/aromatic N) is 4. The van der Waals surface area contributed by atoms with Crippen LogP contribution < -0.4 is 0 Å². The van der Waals surface area contributed by atoms with Gasteiger partial charge in [-0.2, -0.15) is 0 Å². The van der Waals surface area contributed by atoms with E-state index in [1.54, 1.807) is 0 Å². The van der Waals surface area contributed by atoms with E-state index in [0.29, 0.717) is 0 Å². The number of pyridine rings is 4. The standard InChI is InChI=1S/C21H14N4/c1-3-17-19(24-9-1)20-18(4-2-10-25-20)21(17,15-5-11-22-12-6-15)16-7-13-23-14-8-16/h1-14H. The van der Waals surface area contributed by atoms with Crippen molar-refractivity contribution in [3.8, 4) is 11.4 Å². The van der Waals surface area contributed by atoms with Crippen molar-refractivity contribution in [2.75, 3.05) is 0 Å². The van der Waals surface area contributed by atoms with Gasteiger partial charge in [-0.1, -0.05) is 12.1 Å². The fourth-order valence-electron chi connectivity index (χ4n) is 3.93. The SMILES string of the molecule is c1cnc2c(c1)C(c1ccncc1)(c1ccncc1)c1cccnc1-2.